The summed E-state index contributed by atoms with van der Waals surface area (Å²) in [5, 5.41) is 0. The molecule has 3 nitrogen and oxygen atoms in total. The van der Waals surface area contributed by atoms with Crippen molar-refractivity contribution >= 4 is 11.6 Å². The molecule has 2 heterocycles. The van der Waals surface area contributed by atoms with Crippen molar-refractivity contribution in [1.29, 1.82) is 0 Å². The maximum absolute atomic E-state index is 11.8. The third kappa shape index (κ3) is 1.24. The van der Waals surface area contributed by atoms with Crippen molar-refractivity contribution in [2.45, 2.75) is 18.9 Å². The first-order valence-electron chi connectivity index (χ1n) is 5.46. The maximum Gasteiger partial charge on any atom is 0.250 e. The number of amides is 1. The van der Waals surface area contributed by atoms with Crippen LogP contribution >= 0.6 is 0 Å². The number of benzene rings is 1. The quantitative estimate of drug-likeness (QED) is 0.716. The van der Waals surface area contributed by atoms with Crippen LogP contribution in [-0.4, -0.2) is 19.1 Å². The Morgan fingerprint density at radius 1 is 1.44 bits per heavy atom. The number of hydrogen-bond acceptors (Lipinski definition) is 2. The predicted molar refractivity (Wildman–Crippen MR) is 61.7 cm³/mol. The van der Waals surface area contributed by atoms with E-state index in [1.807, 2.05) is 29.2 Å². The molecule has 1 aromatic rings. The lowest BCUT2D eigenvalue weighted by Gasteiger charge is -2.26. The molecule has 0 bridgehead atoms. The van der Waals surface area contributed by atoms with Crippen LogP contribution in [0.3, 0.4) is 0 Å². The van der Waals surface area contributed by atoms with Gasteiger partial charge in [0, 0.05) is 11.7 Å². The molecule has 16 heavy (non-hydrogen) atoms. The predicted octanol–water partition coefficient (Wildman–Crippen LogP) is 1.91. The third-order valence-corrected chi connectivity index (χ3v) is 3.27. The van der Waals surface area contributed by atoms with Gasteiger partial charge >= 0.3 is 0 Å². The second kappa shape index (κ2) is 3.37. The molecule has 3 rings (SSSR count). The Bertz CT molecular complexity index is 479. The van der Waals surface area contributed by atoms with E-state index in [1.165, 1.54) is 5.56 Å². The zero-order valence-corrected chi connectivity index (χ0v) is 9.14. The van der Waals surface area contributed by atoms with Gasteiger partial charge in [-0.25, -0.2) is 0 Å². The lowest BCUT2D eigenvalue weighted by atomic mass is 10.1. The highest BCUT2D eigenvalue weighted by atomic mass is 16.5. The summed E-state index contributed by atoms with van der Waals surface area (Å²) in [6, 6.07) is 6.22. The molecule has 0 saturated heterocycles. The van der Waals surface area contributed by atoms with Gasteiger partial charge in [0.05, 0.1) is 7.11 Å². The molecular weight excluding hydrogens is 202 g/mol. The smallest absolute Gasteiger partial charge is 0.250 e. The molecule has 2 aliphatic heterocycles. The van der Waals surface area contributed by atoms with Crippen molar-refractivity contribution in [3.05, 3.63) is 35.9 Å². The third-order valence-electron chi connectivity index (χ3n) is 3.27. The molecule has 0 aromatic heterocycles. The molecule has 2 aliphatic rings. The van der Waals surface area contributed by atoms with Crippen LogP contribution in [0.2, 0.25) is 0 Å². The monoisotopic (exact) mass is 215 g/mol. The van der Waals surface area contributed by atoms with Gasteiger partial charge in [-0.05, 0) is 42.7 Å². The van der Waals surface area contributed by atoms with Crippen molar-refractivity contribution in [2.75, 3.05) is 12.0 Å². The number of anilines is 1. The first kappa shape index (κ1) is 9.46. The Balaban J connectivity index is 2.05. The summed E-state index contributed by atoms with van der Waals surface area (Å²) in [7, 11) is 1.66. The van der Waals surface area contributed by atoms with Gasteiger partial charge < -0.3 is 9.64 Å². The standard InChI is InChI=1S/C13H13NO2/c1-16-11-5-6-12-9(8-11)7-10-3-2-4-13(15)14(10)12/h2,4-6,8,10H,3,7H2,1H3. The minimum Gasteiger partial charge on any atom is -0.497 e. The Morgan fingerprint density at radius 2 is 2.31 bits per heavy atom. The van der Waals surface area contributed by atoms with Crippen molar-refractivity contribution < 1.29 is 9.53 Å². The molecule has 1 aromatic carbocycles. The second-order valence-electron chi connectivity index (χ2n) is 4.20. The molecule has 1 unspecified atom stereocenters. The summed E-state index contributed by atoms with van der Waals surface area (Å²) in [4.78, 5) is 13.7. The SMILES string of the molecule is COc1ccc2c(c1)CC1CC=CC(=O)N21. The highest BCUT2D eigenvalue weighted by molar-refractivity contribution is 6.04. The molecular formula is C13H13NO2. The molecule has 1 amide bonds. The van der Waals surface area contributed by atoms with Crippen LogP contribution in [0.1, 0.15) is 12.0 Å². The lowest BCUT2D eigenvalue weighted by molar-refractivity contribution is -0.114. The van der Waals surface area contributed by atoms with E-state index in [4.69, 9.17) is 4.74 Å². The first-order chi connectivity index (χ1) is 7.79. The van der Waals surface area contributed by atoms with Crippen LogP contribution in [0.25, 0.3) is 0 Å². The van der Waals surface area contributed by atoms with Crippen LogP contribution in [0, 0.1) is 0 Å². The summed E-state index contributed by atoms with van der Waals surface area (Å²) in [6.07, 6.45) is 5.51. The summed E-state index contributed by atoms with van der Waals surface area (Å²) in [6.45, 7) is 0. The molecule has 1 atom stereocenters. The maximum atomic E-state index is 11.8. The topological polar surface area (TPSA) is 29.5 Å². The molecule has 0 spiro atoms. The Morgan fingerprint density at radius 3 is 3.12 bits per heavy atom. The van der Waals surface area contributed by atoms with E-state index in [1.54, 1.807) is 13.2 Å². The Labute approximate surface area is 94.3 Å². The number of carbonyl (C=O) groups excluding carboxylic acids is 1. The number of hydrogen-bond donors (Lipinski definition) is 0. The van der Waals surface area contributed by atoms with Gasteiger partial charge in [-0.2, -0.15) is 0 Å². The normalized spacial score (nSPS) is 21.9. The van der Waals surface area contributed by atoms with Gasteiger partial charge in [0.25, 0.3) is 5.91 Å². The average molecular weight is 215 g/mol. The van der Waals surface area contributed by atoms with Gasteiger partial charge in [-0.3, -0.25) is 4.79 Å². The number of fused-ring (bicyclic) bond motifs is 3. The second-order valence-corrected chi connectivity index (χ2v) is 4.20. The zero-order valence-electron chi connectivity index (χ0n) is 9.14. The first-order valence-corrected chi connectivity index (χ1v) is 5.46. The average Bonchev–Trinajstić information content (AvgIpc) is 2.67. The van der Waals surface area contributed by atoms with E-state index >= 15 is 0 Å². The number of nitrogens with zero attached hydrogens (tertiary/aromatic N) is 1. The summed E-state index contributed by atoms with van der Waals surface area (Å²) >= 11 is 0. The minimum absolute atomic E-state index is 0.0974. The lowest BCUT2D eigenvalue weighted by Crippen LogP contribution is -2.38. The van der Waals surface area contributed by atoms with Crippen LogP contribution < -0.4 is 9.64 Å². The largest absolute Gasteiger partial charge is 0.497 e. The molecule has 0 N–H and O–H groups in total. The van der Waals surface area contributed by atoms with E-state index < -0.39 is 0 Å². The molecule has 3 heteroatoms. The van der Waals surface area contributed by atoms with Crippen LogP contribution in [0.5, 0.6) is 5.75 Å². The summed E-state index contributed by atoms with van der Waals surface area (Å²) in [5.41, 5.74) is 2.25. The zero-order chi connectivity index (χ0) is 11.1. The molecule has 0 radical (unpaired) electrons. The van der Waals surface area contributed by atoms with Crippen molar-refractivity contribution in [2.24, 2.45) is 0 Å². The van der Waals surface area contributed by atoms with Crippen molar-refractivity contribution in [3.63, 3.8) is 0 Å². The van der Waals surface area contributed by atoms with Crippen LogP contribution in [0.15, 0.2) is 30.4 Å². The van der Waals surface area contributed by atoms with Gasteiger partial charge in [0.2, 0.25) is 0 Å². The fraction of sp³-hybridized carbons (Fsp3) is 0.308. The van der Waals surface area contributed by atoms with E-state index in [0.717, 1.165) is 24.3 Å². The molecule has 0 aliphatic carbocycles. The summed E-state index contributed by atoms with van der Waals surface area (Å²) in [5.74, 6) is 0.958. The van der Waals surface area contributed by atoms with Crippen molar-refractivity contribution in [3.8, 4) is 5.75 Å². The van der Waals surface area contributed by atoms with Gasteiger partial charge in [-0.15, -0.1) is 0 Å². The van der Waals surface area contributed by atoms with E-state index in [0.29, 0.717) is 6.04 Å². The van der Waals surface area contributed by atoms with E-state index in [2.05, 4.69) is 0 Å². The Kier molecular flexibility index (Phi) is 1.99. The molecule has 0 saturated carbocycles. The summed E-state index contributed by atoms with van der Waals surface area (Å²) < 4.78 is 5.20. The minimum atomic E-state index is 0.0974. The van der Waals surface area contributed by atoms with Crippen LogP contribution in [-0.2, 0) is 11.2 Å². The van der Waals surface area contributed by atoms with Gasteiger partial charge in [0.1, 0.15) is 5.75 Å². The van der Waals surface area contributed by atoms with Gasteiger partial charge in [0.15, 0.2) is 0 Å². The molecule has 0 fully saturated rings. The Hall–Kier alpha value is -1.77. The number of methoxy groups -OCH3 is 1. The fourth-order valence-electron chi connectivity index (χ4n) is 2.52. The van der Waals surface area contributed by atoms with Gasteiger partial charge in [-0.1, -0.05) is 6.08 Å². The number of carbonyl (C=O) groups is 1. The highest BCUT2D eigenvalue weighted by Crippen LogP contribution is 2.37. The van der Waals surface area contributed by atoms with Crippen molar-refractivity contribution in [1.82, 2.24) is 0 Å². The van der Waals surface area contributed by atoms with E-state index in [-0.39, 0.29) is 5.91 Å². The fourth-order valence-corrected chi connectivity index (χ4v) is 2.52. The number of ether oxygens (including phenoxy) is 1. The number of rotatable bonds is 1. The highest BCUT2D eigenvalue weighted by Gasteiger charge is 2.34. The molecule has 82 valence electrons. The van der Waals surface area contributed by atoms with Crippen LogP contribution in [0.4, 0.5) is 5.69 Å². The van der Waals surface area contributed by atoms with E-state index in [9.17, 15) is 4.79 Å².